The topological polar surface area (TPSA) is 24.9 Å². The van der Waals surface area contributed by atoms with Crippen LogP contribution in [0.25, 0.3) is 10.9 Å². The van der Waals surface area contributed by atoms with Crippen molar-refractivity contribution in [1.82, 2.24) is 4.98 Å². The Bertz CT molecular complexity index is 506. The molecule has 0 radical (unpaired) electrons. The summed E-state index contributed by atoms with van der Waals surface area (Å²) in [6, 6.07) is 10.7. The van der Waals surface area contributed by atoms with Crippen LogP contribution < -0.4 is 5.32 Å². The molecule has 1 aromatic carbocycles. The molecule has 0 saturated heterocycles. The van der Waals surface area contributed by atoms with Gasteiger partial charge in [-0.05, 0) is 24.5 Å². The predicted octanol–water partition coefficient (Wildman–Crippen LogP) is 4.08. The van der Waals surface area contributed by atoms with Crippen LogP contribution in [0.3, 0.4) is 0 Å². The van der Waals surface area contributed by atoms with Crippen molar-refractivity contribution >= 4 is 16.6 Å². The van der Waals surface area contributed by atoms with E-state index in [1.807, 2.05) is 24.4 Å². The first-order chi connectivity index (χ1) is 7.98. The maximum Gasteiger partial charge on any atom is 0.0722 e. The number of nitrogens with zero attached hydrogens (tertiary/aromatic N) is 1. The van der Waals surface area contributed by atoms with E-state index >= 15 is 0 Å². The number of hydrogen-bond acceptors (Lipinski definition) is 2. The van der Waals surface area contributed by atoms with Crippen molar-refractivity contribution in [1.29, 1.82) is 0 Å². The second-order valence-electron chi connectivity index (χ2n) is 5.61. The highest BCUT2D eigenvalue weighted by Crippen LogP contribution is 2.26. The van der Waals surface area contributed by atoms with Crippen molar-refractivity contribution in [3.63, 3.8) is 0 Å². The summed E-state index contributed by atoms with van der Waals surface area (Å²) in [5.41, 5.74) is 2.45. The van der Waals surface area contributed by atoms with Crippen molar-refractivity contribution in [2.24, 2.45) is 5.41 Å². The molecule has 0 aliphatic heterocycles. The Hall–Kier alpha value is -1.57. The molecule has 0 fully saturated rings. The zero-order chi connectivity index (χ0) is 12.5. The molecule has 2 rings (SSSR count). The van der Waals surface area contributed by atoms with Gasteiger partial charge in [-0.15, -0.1) is 0 Å². The number of rotatable bonds is 2. The lowest BCUT2D eigenvalue weighted by atomic mass is 9.88. The number of nitrogens with one attached hydrogen (secondary N) is 1. The van der Waals surface area contributed by atoms with Gasteiger partial charge in [0.05, 0.1) is 5.52 Å². The first kappa shape index (κ1) is 11.9. The molecule has 17 heavy (non-hydrogen) atoms. The number of para-hydroxylation sites is 1. The fourth-order valence-corrected chi connectivity index (χ4v) is 1.67. The number of pyridine rings is 1. The predicted molar refractivity (Wildman–Crippen MR) is 74.3 cm³/mol. The molecule has 0 amide bonds. The van der Waals surface area contributed by atoms with Crippen molar-refractivity contribution in [2.75, 3.05) is 5.32 Å². The molecular formula is C15H20N2. The molecule has 1 unspecified atom stereocenters. The molecule has 0 aliphatic rings. The molecular weight excluding hydrogens is 208 g/mol. The van der Waals surface area contributed by atoms with Crippen molar-refractivity contribution in [3.05, 3.63) is 36.5 Å². The Labute approximate surface area is 103 Å². The average molecular weight is 228 g/mol. The molecule has 90 valence electrons. The Balaban J connectivity index is 2.36. The van der Waals surface area contributed by atoms with Crippen molar-refractivity contribution in [3.8, 4) is 0 Å². The normalized spacial score (nSPS) is 13.6. The Kier molecular flexibility index (Phi) is 3.05. The fourth-order valence-electron chi connectivity index (χ4n) is 1.67. The van der Waals surface area contributed by atoms with Crippen LogP contribution in [0, 0.1) is 5.41 Å². The van der Waals surface area contributed by atoms with Crippen LogP contribution in [0.2, 0.25) is 0 Å². The Morgan fingerprint density at radius 1 is 1.12 bits per heavy atom. The largest absolute Gasteiger partial charge is 0.381 e. The summed E-state index contributed by atoms with van der Waals surface area (Å²) in [7, 11) is 0. The molecule has 0 bridgehead atoms. The third-order valence-electron chi connectivity index (χ3n) is 3.32. The van der Waals surface area contributed by atoms with E-state index in [1.165, 1.54) is 5.39 Å². The number of fused-ring (bicyclic) bond motifs is 1. The Morgan fingerprint density at radius 2 is 1.82 bits per heavy atom. The molecule has 1 atom stereocenters. The van der Waals surface area contributed by atoms with Gasteiger partial charge in [0, 0.05) is 23.3 Å². The molecule has 2 nitrogen and oxygen atoms in total. The highest BCUT2D eigenvalue weighted by atomic mass is 14.9. The number of anilines is 1. The summed E-state index contributed by atoms with van der Waals surface area (Å²) in [6.07, 6.45) is 1.86. The molecule has 2 heteroatoms. The first-order valence-corrected chi connectivity index (χ1v) is 6.09. The highest BCUT2D eigenvalue weighted by Gasteiger charge is 2.20. The number of benzene rings is 1. The van der Waals surface area contributed by atoms with Crippen LogP contribution >= 0.6 is 0 Å². The van der Waals surface area contributed by atoms with Crippen LogP contribution in [0.1, 0.15) is 27.7 Å². The van der Waals surface area contributed by atoms with E-state index < -0.39 is 0 Å². The minimum Gasteiger partial charge on any atom is -0.381 e. The molecule has 1 heterocycles. The standard InChI is InChI=1S/C15H20N2/c1-11(15(2,3)4)17-14-9-10-16-13-8-6-5-7-12(13)14/h5-11H,1-4H3,(H,16,17). The van der Waals surface area contributed by atoms with Crippen LogP contribution in [-0.2, 0) is 0 Å². The van der Waals surface area contributed by atoms with Gasteiger partial charge in [0.2, 0.25) is 0 Å². The fraction of sp³-hybridized carbons (Fsp3) is 0.400. The van der Waals surface area contributed by atoms with Gasteiger partial charge >= 0.3 is 0 Å². The van der Waals surface area contributed by atoms with Gasteiger partial charge in [-0.3, -0.25) is 4.98 Å². The van der Waals surface area contributed by atoms with Crippen molar-refractivity contribution < 1.29 is 0 Å². The minimum atomic E-state index is 0.240. The van der Waals surface area contributed by atoms with E-state index in [9.17, 15) is 0 Å². The summed E-state index contributed by atoms with van der Waals surface area (Å²) in [5, 5.41) is 4.77. The quantitative estimate of drug-likeness (QED) is 0.837. The monoisotopic (exact) mass is 228 g/mol. The van der Waals surface area contributed by atoms with Gasteiger partial charge in [-0.1, -0.05) is 39.0 Å². The van der Waals surface area contributed by atoms with Crippen LogP contribution in [0.5, 0.6) is 0 Å². The first-order valence-electron chi connectivity index (χ1n) is 6.09. The van der Waals surface area contributed by atoms with Gasteiger partial charge in [0.15, 0.2) is 0 Å². The van der Waals surface area contributed by atoms with E-state index in [0.29, 0.717) is 6.04 Å². The van der Waals surface area contributed by atoms with Gasteiger partial charge in [-0.2, -0.15) is 0 Å². The summed E-state index contributed by atoms with van der Waals surface area (Å²) in [5.74, 6) is 0. The molecule has 2 aromatic rings. The lowest BCUT2D eigenvalue weighted by Crippen LogP contribution is -2.30. The molecule has 0 saturated carbocycles. The minimum absolute atomic E-state index is 0.240. The van der Waals surface area contributed by atoms with Crippen molar-refractivity contribution in [2.45, 2.75) is 33.7 Å². The maximum atomic E-state index is 4.37. The van der Waals surface area contributed by atoms with Gasteiger partial charge in [0.25, 0.3) is 0 Å². The molecule has 0 spiro atoms. The van der Waals surface area contributed by atoms with E-state index in [2.05, 4.69) is 50.1 Å². The summed E-state index contributed by atoms with van der Waals surface area (Å²) >= 11 is 0. The third-order valence-corrected chi connectivity index (χ3v) is 3.32. The number of aromatic nitrogens is 1. The maximum absolute atomic E-state index is 4.37. The molecule has 1 N–H and O–H groups in total. The van der Waals surface area contributed by atoms with Gasteiger partial charge in [0.1, 0.15) is 0 Å². The van der Waals surface area contributed by atoms with Crippen LogP contribution in [-0.4, -0.2) is 11.0 Å². The Morgan fingerprint density at radius 3 is 2.53 bits per heavy atom. The molecule has 1 aromatic heterocycles. The van der Waals surface area contributed by atoms with E-state index in [1.54, 1.807) is 0 Å². The molecule has 0 aliphatic carbocycles. The zero-order valence-electron chi connectivity index (χ0n) is 11.0. The van der Waals surface area contributed by atoms with Gasteiger partial charge in [-0.25, -0.2) is 0 Å². The van der Waals surface area contributed by atoms with Crippen LogP contribution in [0.15, 0.2) is 36.5 Å². The number of hydrogen-bond donors (Lipinski definition) is 1. The zero-order valence-corrected chi connectivity index (χ0v) is 11.0. The second-order valence-corrected chi connectivity index (χ2v) is 5.61. The van der Waals surface area contributed by atoms with Gasteiger partial charge < -0.3 is 5.32 Å². The third kappa shape index (κ3) is 2.57. The summed E-state index contributed by atoms with van der Waals surface area (Å²) in [6.45, 7) is 8.95. The smallest absolute Gasteiger partial charge is 0.0722 e. The van der Waals surface area contributed by atoms with E-state index in [0.717, 1.165) is 11.2 Å². The lowest BCUT2D eigenvalue weighted by molar-refractivity contribution is 0.359. The summed E-state index contributed by atoms with van der Waals surface area (Å²) < 4.78 is 0. The lowest BCUT2D eigenvalue weighted by Gasteiger charge is -2.29. The summed E-state index contributed by atoms with van der Waals surface area (Å²) in [4.78, 5) is 4.37. The van der Waals surface area contributed by atoms with Crippen LogP contribution in [0.4, 0.5) is 5.69 Å². The van der Waals surface area contributed by atoms with E-state index in [-0.39, 0.29) is 5.41 Å². The SMILES string of the molecule is CC(Nc1ccnc2ccccc12)C(C)(C)C. The highest BCUT2D eigenvalue weighted by molar-refractivity contribution is 5.90. The average Bonchev–Trinajstić information content (AvgIpc) is 2.28. The second kappa shape index (κ2) is 4.36. The van der Waals surface area contributed by atoms with E-state index in [4.69, 9.17) is 0 Å².